The molecule has 0 saturated carbocycles. The van der Waals surface area contributed by atoms with Gasteiger partial charge in [-0.3, -0.25) is 0 Å². The smallest absolute Gasteiger partial charge is 0.323 e. The van der Waals surface area contributed by atoms with Crippen molar-refractivity contribution in [2.75, 3.05) is 36.9 Å². The highest BCUT2D eigenvalue weighted by molar-refractivity contribution is 5.35. The van der Waals surface area contributed by atoms with Gasteiger partial charge in [-0.2, -0.15) is 15.0 Å². The van der Waals surface area contributed by atoms with Crippen LogP contribution < -0.4 is 15.4 Å². The van der Waals surface area contributed by atoms with Crippen molar-refractivity contribution in [2.24, 2.45) is 0 Å². The molecule has 0 bridgehead atoms. The fourth-order valence-electron chi connectivity index (χ4n) is 2.18. The maximum Gasteiger partial charge on any atom is 0.323 e. The molecule has 2 rings (SSSR count). The average molecular weight is 281 g/mol. The summed E-state index contributed by atoms with van der Waals surface area (Å²) in [6.45, 7) is 6.97. The zero-order valence-corrected chi connectivity index (χ0v) is 12.2. The van der Waals surface area contributed by atoms with Crippen LogP contribution in [0.2, 0.25) is 0 Å². The Morgan fingerprint density at radius 2 is 2.05 bits per heavy atom. The van der Waals surface area contributed by atoms with E-state index in [0.29, 0.717) is 12.6 Å². The predicted octanol–water partition coefficient (Wildman–Crippen LogP) is 1.25. The van der Waals surface area contributed by atoms with Gasteiger partial charge in [0.05, 0.1) is 6.10 Å². The van der Waals surface area contributed by atoms with Gasteiger partial charge in [-0.15, -0.1) is 0 Å². The normalized spacial score (nSPS) is 18.8. The molecule has 1 atom stereocenters. The van der Waals surface area contributed by atoms with E-state index in [1.807, 2.05) is 18.7 Å². The molecule has 1 unspecified atom stereocenters. The van der Waals surface area contributed by atoms with Gasteiger partial charge in [-0.25, -0.2) is 0 Å². The average Bonchev–Trinajstić information content (AvgIpc) is 2.47. The zero-order chi connectivity index (χ0) is 14.4. The van der Waals surface area contributed by atoms with Gasteiger partial charge in [0.25, 0.3) is 0 Å². The summed E-state index contributed by atoms with van der Waals surface area (Å²) in [5.41, 5.74) is 5.72. The minimum atomic E-state index is 0.124. The third-order valence-corrected chi connectivity index (χ3v) is 3.34. The Hall–Kier alpha value is -1.63. The molecule has 1 aromatic rings. The van der Waals surface area contributed by atoms with E-state index in [4.69, 9.17) is 15.2 Å². The van der Waals surface area contributed by atoms with Gasteiger partial charge in [0.1, 0.15) is 6.61 Å². The first-order valence-electron chi connectivity index (χ1n) is 7.23. The van der Waals surface area contributed by atoms with E-state index in [1.54, 1.807) is 0 Å². The number of aromatic nitrogens is 3. The molecule has 1 aromatic heterocycles. The standard InChI is InChI=1S/C13H23N5O2/c1-3-18(4-2)12-15-11(14)16-13(17-12)20-9-10-7-5-6-8-19-10/h10H,3-9H2,1-2H3,(H2,14,15,16,17). The van der Waals surface area contributed by atoms with Crippen molar-refractivity contribution in [3.63, 3.8) is 0 Å². The lowest BCUT2D eigenvalue weighted by Crippen LogP contribution is -2.27. The molecule has 1 saturated heterocycles. The van der Waals surface area contributed by atoms with Crippen LogP contribution in [0.4, 0.5) is 11.9 Å². The number of nitrogens with zero attached hydrogens (tertiary/aromatic N) is 4. The Morgan fingerprint density at radius 1 is 1.25 bits per heavy atom. The first kappa shape index (κ1) is 14.8. The van der Waals surface area contributed by atoms with E-state index in [9.17, 15) is 0 Å². The van der Waals surface area contributed by atoms with Gasteiger partial charge in [0.15, 0.2) is 0 Å². The Labute approximate surface area is 119 Å². The number of anilines is 2. The Balaban J connectivity index is 1.99. The van der Waals surface area contributed by atoms with Crippen molar-refractivity contribution < 1.29 is 9.47 Å². The topological polar surface area (TPSA) is 86.4 Å². The molecular weight excluding hydrogens is 258 g/mol. The van der Waals surface area contributed by atoms with E-state index >= 15 is 0 Å². The van der Waals surface area contributed by atoms with Crippen LogP contribution in [-0.2, 0) is 4.74 Å². The summed E-state index contributed by atoms with van der Waals surface area (Å²) in [5, 5.41) is 0. The summed E-state index contributed by atoms with van der Waals surface area (Å²) in [5.74, 6) is 0.739. The molecule has 0 radical (unpaired) electrons. The van der Waals surface area contributed by atoms with Gasteiger partial charge < -0.3 is 20.1 Å². The minimum Gasteiger partial charge on any atom is -0.461 e. The number of rotatable bonds is 6. The number of hydrogen-bond donors (Lipinski definition) is 1. The van der Waals surface area contributed by atoms with E-state index in [0.717, 1.165) is 32.5 Å². The second kappa shape index (κ2) is 7.23. The van der Waals surface area contributed by atoms with E-state index < -0.39 is 0 Å². The lowest BCUT2D eigenvalue weighted by Gasteiger charge is -2.22. The number of hydrogen-bond acceptors (Lipinski definition) is 7. The highest BCUT2D eigenvalue weighted by Crippen LogP contribution is 2.16. The number of nitrogen functional groups attached to an aromatic ring is 1. The van der Waals surface area contributed by atoms with Crippen molar-refractivity contribution in [3.05, 3.63) is 0 Å². The van der Waals surface area contributed by atoms with Gasteiger partial charge in [0.2, 0.25) is 11.9 Å². The molecule has 0 spiro atoms. The molecule has 2 heterocycles. The Bertz CT molecular complexity index is 419. The lowest BCUT2D eigenvalue weighted by molar-refractivity contribution is -0.0129. The summed E-state index contributed by atoms with van der Waals surface area (Å²) in [7, 11) is 0. The lowest BCUT2D eigenvalue weighted by atomic mass is 10.1. The Morgan fingerprint density at radius 3 is 2.70 bits per heavy atom. The zero-order valence-electron chi connectivity index (χ0n) is 12.2. The summed E-state index contributed by atoms with van der Waals surface area (Å²) in [6, 6.07) is 0.272. The van der Waals surface area contributed by atoms with Crippen molar-refractivity contribution in [1.82, 2.24) is 15.0 Å². The molecule has 112 valence electrons. The highest BCUT2D eigenvalue weighted by atomic mass is 16.5. The third kappa shape index (κ3) is 3.93. The summed E-state index contributed by atoms with van der Waals surface area (Å²) >= 11 is 0. The largest absolute Gasteiger partial charge is 0.461 e. The van der Waals surface area contributed by atoms with E-state index in [2.05, 4.69) is 15.0 Å². The van der Waals surface area contributed by atoms with Crippen LogP contribution in [0.3, 0.4) is 0 Å². The second-order valence-corrected chi connectivity index (χ2v) is 4.75. The number of ether oxygens (including phenoxy) is 2. The minimum absolute atomic E-state index is 0.124. The van der Waals surface area contributed by atoms with Crippen LogP contribution in [0.15, 0.2) is 0 Å². The number of nitrogens with two attached hydrogens (primary N) is 1. The van der Waals surface area contributed by atoms with E-state index in [-0.39, 0.29) is 18.1 Å². The van der Waals surface area contributed by atoms with Crippen LogP contribution in [0.25, 0.3) is 0 Å². The molecule has 7 nitrogen and oxygen atoms in total. The third-order valence-electron chi connectivity index (χ3n) is 3.34. The molecule has 20 heavy (non-hydrogen) atoms. The van der Waals surface area contributed by atoms with Crippen molar-refractivity contribution >= 4 is 11.9 Å². The summed E-state index contributed by atoms with van der Waals surface area (Å²) < 4.78 is 11.2. The first-order chi connectivity index (χ1) is 9.72. The van der Waals surface area contributed by atoms with Gasteiger partial charge >= 0.3 is 6.01 Å². The van der Waals surface area contributed by atoms with Crippen LogP contribution in [0, 0.1) is 0 Å². The van der Waals surface area contributed by atoms with Crippen LogP contribution in [0.1, 0.15) is 33.1 Å². The summed E-state index contributed by atoms with van der Waals surface area (Å²) in [6.07, 6.45) is 3.45. The van der Waals surface area contributed by atoms with Gasteiger partial charge in [-0.1, -0.05) is 0 Å². The monoisotopic (exact) mass is 281 g/mol. The SMILES string of the molecule is CCN(CC)c1nc(N)nc(OCC2CCCCO2)n1. The van der Waals surface area contributed by atoms with Crippen molar-refractivity contribution in [3.8, 4) is 6.01 Å². The summed E-state index contributed by atoms with van der Waals surface area (Å²) in [4.78, 5) is 14.5. The molecule has 0 aliphatic carbocycles. The van der Waals surface area contributed by atoms with Gasteiger partial charge in [-0.05, 0) is 33.1 Å². The molecule has 2 N–H and O–H groups in total. The van der Waals surface area contributed by atoms with Crippen LogP contribution in [0.5, 0.6) is 6.01 Å². The van der Waals surface area contributed by atoms with Crippen molar-refractivity contribution in [2.45, 2.75) is 39.2 Å². The first-order valence-corrected chi connectivity index (χ1v) is 7.23. The fraction of sp³-hybridized carbons (Fsp3) is 0.769. The maximum absolute atomic E-state index is 5.72. The van der Waals surface area contributed by atoms with E-state index in [1.165, 1.54) is 6.42 Å². The fourth-order valence-corrected chi connectivity index (χ4v) is 2.18. The predicted molar refractivity (Wildman–Crippen MR) is 76.9 cm³/mol. The quantitative estimate of drug-likeness (QED) is 0.839. The maximum atomic E-state index is 5.72. The highest BCUT2D eigenvalue weighted by Gasteiger charge is 2.16. The molecule has 7 heteroatoms. The molecule has 1 fully saturated rings. The second-order valence-electron chi connectivity index (χ2n) is 4.75. The molecule has 1 aliphatic heterocycles. The van der Waals surface area contributed by atoms with Gasteiger partial charge in [0, 0.05) is 19.7 Å². The molecular formula is C13H23N5O2. The molecule has 1 aliphatic rings. The molecule has 0 amide bonds. The Kier molecular flexibility index (Phi) is 5.34. The van der Waals surface area contributed by atoms with Crippen LogP contribution in [-0.4, -0.2) is 47.4 Å². The van der Waals surface area contributed by atoms with Crippen molar-refractivity contribution in [1.29, 1.82) is 0 Å². The van der Waals surface area contributed by atoms with Crippen LogP contribution >= 0.6 is 0 Å². The molecule has 0 aromatic carbocycles.